The number of rotatable bonds is 2. The topological polar surface area (TPSA) is 48.1 Å². The molecule has 2 aromatic rings. The number of anilines is 1. The summed E-state index contributed by atoms with van der Waals surface area (Å²) in [6, 6.07) is 11.3. The van der Waals surface area contributed by atoms with Gasteiger partial charge in [-0.1, -0.05) is 18.2 Å². The molecular formula is C11H9FN2O. The minimum Gasteiger partial charge on any atom is -0.437 e. The van der Waals surface area contributed by atoms with Gasteiger partial charge >= 0.3 is 0 Å². The fourth-order valence-corrected chi connectivity index (χ4v) is 1.13. The lowest BCUT2D eigenvalue weighted by atomic mass is 10.3. The lowest BCUT2D eigenvalue weighted by Crippen LogP contribution is -1.93. The number of benzene rings is 1. The monoisotopic (exact) mass is 204 g/mol. The standard InChI is InChI=1S/C11H9FN2O/c12-10-6-3-7-11(14-10)15-9-5-2-1-4-8(9)13/h1-7H,13H2. The van der Waals surface area contributed by atoms with Gasteiger partial charge in [0.1, 0.15) is 0 Å². The Morgan fingerprint density at radius 3 is 2.60 bits per heavy atom. The lowest BCUT2D eigenvalue weighted by molar-refractivity contribution is 0.447. The molecule has 4 heteroatoms. The van der Waals surface area contributed by atoms with E-state index in [2.05, 4.69) is 4.98 Å². The van der Waals surface area contributed by atoms with Gasteiger partial charge in [-0.25, -0.2) is 0 Å². The van der Waals surface area contributed by atoms with E-state index in [0.717, 1.165) is 0 Å². The van der Waals surface area contributed by atoms with E-state index >= 15 is 0 Å². The van der Waals surface area contributed by atoms with Gasteiger partial charge < -0.3 is 10.5 Å². The zero-order chi connectivity index (χ0) is 10.7. The first kappa shape index (κ1) is 9.45. The first-order valence-corrected chi connectivity index (χ1v) is 4.40. The molecule has 1 heterocycles. The van der Waals surface area contributed by atoms with Crippen molar-refractivity contribution in [2.75, 3.05) is 5.73 Å². The van der Waals surface area contributed by atoms with E-state index in [0.29, 0.717) is 11.4 Å². The molecule has 0 aliphatic carbocycles. The minimum absolute atomic E-state index is 0.188. The Bertz CT molecular complexity index is 474. The molecule has 76 valence electrons. The van der Waals surface area contributed by atoms with Crippen molar-refractivity contribution in [2.24, 2.45) is 0 Å². The van der Waals surface area contributed by atoms with Crippen LogP contribution in [0.4, 0.5) is 10.1 Å². The normalized spacial score (nSPS) is 9.93. The highest BCUT2D eigenvalue weighted by Crippen LogP contribution is 2.25. The number of ether oxygens (including phenoxy) is 1. The lowest BCUT2D eigenvalue weighted by Gasteiger charge is -2.06. The molecule has 3 nitrogen and oxygen atoms in total. The van der Waals surface area contributed by atoms with Crippen molar-refractivity contribution in [3.8, 4) is 11.6 Å². The second-order valence-corrected chi connectivity index (χ2v) is 2.94. The van der Waals surface area contributed by atoms with Crippen molar-refractivity contribution < 1.29 is 9.13 Å². The Morgan fingerprint density at radius 2 is 1.87 bits per heavy atom. The summed E-state index contributed by atoms with van der Waals surface area (Å²) >= 11 is 0. The van der Waals surface area contributed by atoms with E-state index < -0.39 is 5.95 Å². The SMILES string of the molecule is Nc1ccccc1Oc1cccc(F)n1. The van der Waals surface area contributed by atoms with Crippen LogP contribution in [-0.4, -0.2) is 4.98 Å². The van der Waals surface area contributed by atoms with Crippen molar-refractivity contribution in [3.05, 3.63) is 48.4 Å². The van der Waals surface area contributed by atoms with Crippen molar-refractivity contribution in [3.63, 3.8) is 0 Å². The predicted molar refractivity (Wildman–Crippen MR) is 55.1 cm³/mol. The number of hydrogen-bond donors (Lipinski definition) is 1. The van der Waals surface area contributed by atoms with Gasteiger partial charge in [-0.2, -0.15) is 9.37 Å². The molecular weight excluding hydrogens is 195 g/mol. The van der Waals surface area contributed by atoms with Gasteiger partial charge in [0.05, 0.1) is 5.69 Å². The van der Waals surface area contributed by atoms with Crippen LogP contribution in [0.3, 0.4) is 0 Å². The molecule has 15 heavy (non-hydrogen) atoms. The van der Waals surface area contributed by atoms with E-state index in [9.17, 15) is 4.39 Å². The van der Waals surface area contributed by atoms with E-state index in [1.165, 1.54) is 12.1 Å². The molecule has 1 aromatic heterocycles. The molecule has 0 saturated heterocycles. The van der Waals surface area contributed by atoms with Crippen molar-refractivity contribution in [1.82, 2.24) is 4.98 Å². The van der Waals surface area contributed by atoms with Crippen LogP contribution in [-0.2, 0) is 0 Å². The van der Waals surface area contributed by atoms with Gasteiger partial charge in [-0.15, -0.1) is 0 Å². The van der Waals surface area contributed by atoms with Crippen LogP contribution in [0, 0.1) is 5.95 Å². The van der Waals surface area contributed by atoms with Gasteiger partial charge in [0.25, 0.3) is 0 Å². The third kappa shape index (κ3) is 2.22. The summed E-state index contributed by atoms with van der Waals surface area (Å²) in [4.78, 5) is 3.57. The average Bonchev–Trinajstić information content (AvgIpc) is 2.22. The van der Waals surface area contributed by atoms with E-state index in [1.54, 1.807) is 30.3 Å². The summed E-state index contributed by atoms with van der Waals surface area (Å²) in [5.41, 5.74) is 6.15. The fourth-order valence-electron chi connectivity index (χ4n) is 1.13. The first-order chi connectivity index (χ1) is 7.25. The molecule has 0 unspecified atom stereocenters. The van der Waals surface area contributed by atoms with Gasteiger partial charge in [0, 0.05) is 6.07 Å². The largest absolute Gasteiger partial charge is 0.437 e. The second-order valence-electron chi connectivity index (χ2n) is 2.94. The van der Waals surface area contributed by atoms with E-state index in [4.69, 9.17) is 10.5 Å². The number of nitrogens with zero attached hydrogens (tertiary/aromatic N) is 1. The number of pyridine rings is 1. The smallest absolute Gasteiger partial charge is 0.221 e. The summed E-state index contributed by atoms with van der Waals surface area (Å²) in [6.07, 6.45) is 0. The van der Waals surface area contributed by atoms with Gasteiger partial charge in [-0.3, -0.25) is 0 Å². The molecule has 2 N–H and O–H groups in total. The number of nitrogens with two attached hydrogens (primary N) is 1. The number of aromatic nitrogens is 1. The Kier molecular flexibility index (Phi) is 2.49. The first-order valence-electron chi connectivity index (χ1n) is 4.40. The summed E-state index contributed by atoms with van der Waals surface area (Å²) < 4.78 is 18.1. The summed E-state index contributed by atoms with van der Waals surface area (Å²) in [7, 11) is 0. The van der Waals surface area contributed by atoms with Crippen molar-refractivity contribution >= 4 is 5.69 Å². The molecule has 1 aromatic carbocycles. The molecule has 0 aliphatic heterocycles. The maximum Gasteiger partial charge on any atom is 0.221 e. The molecule has 0 fully saturated rings. The average molecular weight is 204 g/mol. The molecule has 2 rings (SSSR count). The van der Waals surface area contributed by atoms with Crippen LogP contribution in [0.1, 0.15) is 0 Å². The Labute approximate surface area is 86.3 Å². The van der Waals surface area contributed by atoms with Crippen molar-refractivity contribution in [1.29, 1.82) is 0 Å². The molecule has 0 saturated carbocycles. The highest BCUT2D eigenvalue weighted by molar-refractivity contribution is 5.52. The molecule has 0 atom stereocenters. The molecule has 0 radical (unpaired) electrons. The highest BCUT2D eigenvalue weighted by atomic mass is 19.1. The third-order valence-electron chi connectivity index (χ3n) is 1.82. The maximum absolute atomic E-state index is 12.7. The van der Waals surface area contributed by atoms with Crippen LogP contribution >= 0.6 is 0 Å². The number of nitrogen functional groups attached to an aromatic ring is 1. The molecule has 0 bridgehead atoms. The quantitative estimate of drug-likeness (QED) is 0.604. The Hall–Kier alpha value is -2.10. The summed E-state index contributed by atoms with van der Waals surface area (Å²) in [5, 5.41) is 0. The zero-order valence-electron chi connectivity index (χ0n) is 7.85. The number of halogens is 1. The summed E-state index contributed by atoms with van der Waals surface area (Å²) in [6.45, 7) is 0. The van der Waals surface area contributed by atoms with Crippen LogP contribution in [0.2, 0.25) is 0 Å². The predicted octanol–water partition coefficient (Wildman–Crippen LogP) is 2.60. The van der Waals surface area contributed by atoms with Gasteiger partial charge in [0.2, 0.25) is 11.8 Å². The highest BCUT2D eigenvalue weighted by Gasteiger charge is 2.02. The number of para-hydroxylation sites is 2. The number of hydrogen-bond acceptors (Lipinski definition) is 3. The fraction of sp³-hybridized carbons (Fsp3) is 0. The van der Waals surface area contributed by atoms with Gasteiger partial charge in [0.15, 0.2) is 5.75 Å². The molecule has 0 amide bonds. The van der Waals surface area contributed by atoms with Crippen LogP contribution in [0.5, 0.6) is 11.6 Å². The van der Waals surface area contributed by atoms with Crippen LogP contribution in [0.15, 0.2) is 42.5 Å². The molecule has 0 aliphatic rings. The zero-order valence-corrected chi connectivity index (χ0v) is 7.85. The van der Waals surface area contributed by atoms with Crippen molar-refractivity contribution in [2.45, 2.75) is 0 Å². The van der Waals surface area contributed by atoms with Crippen LogP contribution in [0.25, 0.3) is 0 Å². The third-order valence-corrected chi connectivity index (χ3v) is 1.82. The second kappa shape index (κ2) is 3.96. The van der Waals surface area contributed by atoms with E-state index in [1.807, 2.05) is 0 Å². The van der Waals surface area contributed by atoms with Crippen LogP contribution < -0.4 is 10.5 Å². The molecule has 0 spiro atoms. The minimum atomic E-state index is -0.581. The maximum atomic E-state index is 12.7. The van der Waals surface area contributed by atoms with Gasteiger partial charge in [-0.05, 0) is 18.2 Å². The Balaban J connectivity index is 2.26. The summed E-state index contributed by atoms with van der Waals surface area (Å²) in [5.74, 6) is 0.0745. The van der Waals surface area contributed by atoms with E-state index in [-0.39, 0.29) is 5.88 Å². The Morgan fingerprint density at radius 1 is 1.07 bits per heavy atom.